The number of carbonyl (C=O) groups excluding carboxylic acids is 1. The Balaban J connectivity index is 1.37. The first-order chi connectivity index (χ1) is 14.6. The second-order valence-corrected chi connectivity index (χ2v) is 8.66. The number of carbonyl (C=O) groups is 1. The van der Waals surface area contributed by atoms with Gasteiger partial charge in [0.15, 0.2) is 0 Å². The van der Waals surface area contributed by atoms with Crippen molar-refractivity contribution in [3.05, 3.63) is 48.3 Å². The number of benzene rings is 1. The lowest BCUT2D eigenvalue weighted by Crippen LogP contribution is -2.50. The maximum atomic E-state index is 13.2. The van der Waals surface area contributed by atoms with Gasteiger partial charge in [0.05, 0.1) is 36.3 Å². The normalized spacial score (nSPS) is 24.1. The van der Waals surface area contributed by atoms with Crippen LogP contribution in [0.15, 0.2) is 42.7 Å². The molecule has 2 fully saturated rings. The Labute approximate surface area is 178 Å². The van der Waals surface area contributed by atoms with Gasteiger partial charge in [-0.2, -0.15) is 5.10 Å². The minimum Gasteiger partial charge on any atom is -0.383 e. The summed E-state index contributed by atoms with van der Waals surface area (Å²) in [5.41, 5.74) is 1.38. The van der Waals surface area contributed by atoms with Gasteiger partial charge in [-0.25, -0.2) is 4.68 Å². The van der Waals surface area contributed by atoms with Gasteiger partial charge in [-0.15, -0.1) is 0 Å². The quantitative estimate of drug-likeness (QED) is 0.699. The molecular weight excluding hydrogens is 380 g/mol. The van der Waals surface area contributed by atoms with Crippen LogP contribution in [-0.2, 0) is 9.47 Å². The van der Waals surface area contributed by atoms with E-state index in [0.717, 1.165) is 57.8 Å². The van der Waals surface area contributed by atoms with Gasteiger partial charge in [-0.1, -0.05) is 18.2 Å². The Hall–Kier alpha value is -2.22. The molecule has 2 saturated heterocycles. The van der Waals surface area contributed by atoms with Gasteiger partial charge in [0, 0.05) is 39.5 Å². The number of nitrogens with zero attached hydrogens (tertiary/aromatic N) is 4. The monoisotopic (exact) mass is 412 g/mol. The standard InChI is InChI=1S/C23H32N4O3/c1-25(11-12-29-2)15-19-13-23(30-17-19)9-6-10-26(18-23)22(28)20-14-24-27(16-20)21-7-4-3-5-8-21/h3-5,7-8,14,16,19H,6,9-13,15,17-18H2,1-2H3. The second kappa shape index (κ2) is 9.29. The third-order valence-electron chi connectivity index (χ3n) is 6.21. The molecule has 162 valence electrons. The molecule has 1 amide bonds. The molecule has 0 radical (unpaired) electrons. The van der Waals surface area contributed by atoms with Crippen molar-refractivity contribution in [2.24, 2.45) is 5.92 Å². The summed E-state index contributed by atoms with van der Waals surface area (Å²) < 4.78 is 13.2. The number of para-hydroxylation sites is 1. The van der Waals surface area contributed by atoms with Crippen molar-refractivity contribution in [3.63, 3.8) is 0 Å². The number of hydrogen-bond donors (Lipinski definition) is 0. The summed E-state index contributed by atoms with van der Waals surface area (Å²) in [7, 11) is 3.86. The zero-order valence-electron chi connectivity index (χ0n) is 18.0. The van der Waals surface area contributed by atoms with Crippen LogP contribution in [0, 0.1) is 5.92 Å². The molecule has 0 bridgehead atoms. The number of methoxy groups -OCH3 is 1. The summed E-state index contributed by atoms with van der Waals surface area (Å²) in [5, 5.41) is 4.38. The number of rotatable bonds is 7. The predicted octanol–water partition coefficient (Wildman–Crippen LogP) is 2.46. The van der Waals surface area contributed by atoms with E-state index < -0.39 is 0 Å². The summed E-state index contributed by atoms with van der Waals surface area (Å²) in [5.74, 6) is 0.545. The van der Waals surface area contributed by atoms with Crippen LogP contribution in [-0.4, -0.2) is 84.6 Å². The van der Waals surface area contributed by atoms with Crippen LogP contribution in [0.3, 0.4) is 0 Å². The highest BCUT2D eigenvalue weighted by atomic mass is 16.5. The van der Waals surface area contributed by atoms with Gasteiger partial charge in [0.2, 0.25) is 0 Å². The Morgan fingerprint density at radius 3 is 3.00 bits per heavy atom. The molecule has 0 N–H and O–H groups in total. The van der Waals surface area contributed by atoms with Crippen molar-refractivity contribution in [1.82, 2.24) is 19.6 Å². The van der Waals surface area contributed by atoms with E-state index >= 15 is 0 Å². The van der Waals surface area contributed by atoms with E-state index in [4.69, 9.17) is 9.47 Å². The summed E-state index contributed by atoms with van der Waals surface area (Å²) in [4.78, 5) is 17.4. The molecule has 2 aromatic rings. The predicted molar refractivity (Wildman–Crippen MR) is 115 cm³/mol. The smallest absolute Gasteiger partial charge is 0.257 e. The maximum absolute atomic E-state index is 13.2. The van der Waals surface area contributed by atoms with Crippen LogP contribution in [0.5, 0.6) is 0 Å². The highest BCUT2D eigenvalue weighted by Gasteiger charge is 2.44. The average Bonchev–Trinajstić information content (AvgIpc) is 3.40. The summed E-state index contributed by atoms with van der Waals surface area (Å²) >= 11 is 0. The summed E-state index contributed by atoms with van der Waals surface area (Å²) in [6, 6.07) is 9.86. The minimum absolute atomic E-state index is 0.0421. The first-order valence-corrected chi connectivity index (χ1v) is 10.8. The number of likely N-dealkylation sites (N-methyl/N-ethyl adjacent to an activating group) is 1. The number of aromatic nitrogens is 2. The Morgan fingerprint density at radius 2 is 2.20 bits per heavy atom. The zero-order chi connectivity index (χ0) is 21.0. The summed E-state index contributed by atoms with van der Waals surface area (Å²) in [6.45, 7) is 4.89. The molecule has 30 heavy (non-hydrogen) atoms. The average molecular weight is 413 g/mol. The topological polar surface area (TPSA) is 59.8 Å². The fraction of sp³-hybridized carbons (Fsp3) is 0.565. The van der Waals surface area contributed by atoms with E-state index in [1.165, 1.54) is 0 Å². The molecular formula is C23H32N4O3. The van der Waals surface area contributed by atoms with Gasteiger partial charge in [-0.05, 0) is 44.4 Å². The number of hydrogen-bond acceptors (Lipinski definition) is 5. The third-order valence-corrected chi connectivity index (χ3v) is 6.21. The van der Waals surface area contributed by atoms with E-state index in [2.05, 4.69) is 17.0 Å². The Morgan fingerprint density at radius 1 is 1.37 bits per heavy atom. The number of likely N-dealkylation sites (tertiary alicyclic amines) is 1. The van der Waals surface area contributed by atoms with Crippen LogP contribution in [0.25, 0.3) is 5.69 Å². The van der Waals surface area contributed by atoms with Crippen molar-refractivity contribution in [2.75, 3.05) is 53.6 Å². The first-order valence-electron chi connectivity index (χ1n) is 10.8. The lowest BCUT2D eigenvalue weighted by molar-refractivity contribution is -0.0450. The lowest BCUT2D eigenvalue weighted by Gasteiger charge is -2.39. The van der Waals surface area contributed by atoms with Crippen molar-refractivity contribution < 1.29 is 14.3 Å². The zero-order valence-corrected chi connectivity index (χ0v) is 18.0. The molecule has 2 aliphatic rings. The van der Waals surface area contributed by atoms with Crippen LogP contribution in [0.2, 0.25) is 0 Å². The molecule has 1 aromatic heterocycles. The van der Waals surface area contributed by atoms with E-state index in [0.29, 0.717) is 18.0 Å². The van der Waals surface area contributed by atoms with Crippen molar-refractivity contribution in [3.8, 4) is 5.69 Å². The van der Waals surface area contributed by atoms with Crippen LogP contribution in [0.1, 0.15) is 29.6 Å². The van der Waals surface area contributed by atoms with E-state index in [1.54, 1.807) is 18.0 Å². The fourth-order valence-corrected chi connectivity index (χ4v) is 4.73. The van der Waals surface area contributed by atoms with Gasteiger partial charge in [0.1, 0.15) is 0 Å². The Kier molecular flexibility index (Phi) is 6.51. The Bertz CT molecular complexity index is 840. The molecule has 4 rings (SSSR count). The van der Waals surface area contributed by atoms with Crippen molar-refractivity contribution in [1.29, 1.82) is 0 Å². The molecule has 1 aromatic carbocycles. The first kappa shape index (κ1) is 21.0. The molecule has 7 nitrogen and oxygen atoms in total. The third kappa shape index (κ3) is 4.74. The van der Waals surface area contributed by atoms with Crippen LogP contribution in [0.4, 0.5) is 0 Å². The molecule has 2 unspecified atom stereocenters. The van der Waals surface area contributed by atoms with Gasteiger partial charge < -0.3 is 19.3 Å². The van der Waals surface area contributed by atoms with E-state index in [-0.39, 0.29) is 11.5 Å². The minimum atomic E-state index is -0.198. The molecule has 7 heteroatoms. The molecule has 0 saturated carbocycles. The van der Waals surface area contributed by atoms with E-state index in [1.807, 2.05) is 41.4 Å². The highest BCUT2D eigenvalue weighted by molar-refractivity contribution is 5.94. The second-order valence-electron chi connectivity index (χ2n) is 8.66. The molecule has 2 aliphatic heterocycles. The molecule has 2 atom stereocenters. The largest absolute Gasteiger partial charge is 0.383 e. The fourth-order valence-electron chi connectivity index (χ4n) is 4.73. The van der Waals surface area contributed by atoms with Crippen LogP contribution >= 0.6 is 0 Å². The summed E-state index contributed by atoms with van der Waals surface area (Å²) in [6.07, 6.45) is 6.50. The van der Waals surface area contributed by atoms with Crippen LogP contribution < -0.4 is 0 Å². The van der Waals surface area contributed by atoms with Crippen molar-refractivity contribution in [2.45, 2.75) is 24.9 Å². The van der Waals surface area contributed by atoms with Gasteiger partial charge in [-0.3, -0.25) is 4.79 Å². The number of ether oxygens (including phenoxy) is 2. The SMILES string of the molecule is COCCN(C)CC1COC2(CCCN(C(=O)c3cnn(-c4ccccc4)c3)C2)C1. The maximum Gasteiger partial charge on any atom is 0.257 e. The molecule has 3 heterocycles. The lowest BCUT2D eigenvalue weighted by atomic mass is 9.86. The number of piperidine rings is 1. The number of amides is 1. The van der Waals surface area contributed by atoms with E-state index in [9.17, 15) is 4.79 Å². The highest BCUT2D eigenvalue weighted by Crippen LogP contribution is 2.38. The molecule has 1 spiro atoms. The van der Waals surface area contributed by atoms with Crippen molar-refractivity contribution >= 4 is 5.91 Å². The van der Waals surface area contributed by atoms with Gasteiger partial charge >= 0.3 is 0 Å². The van der Waals surface area contributed by atoms with Gasteiger partial charge in [0.25, 0.3) is 5.91 Å². The molecule has 0 aliphatic carbocycles.